The molecule has 1 amide bonds. The minimum atomic E-state index is 0.0942. The number of rotatable bonds is 7. The number of ether oxygens (including phenoxy) is 1. The molecule has 2 rings (SSSR count). The molecule has 4 nitrogen and oxygen atoms in total. The van der Waals surface area contributed by atoms with Crippen molar-refractivity contribution in [3.8, 4) is 5.75 Å². The third-order valence-electron chi connectivity index (χ3n) is 4.55. The van der Waals surface area contributed by atoms with E-state index in [4.69, 9.17) is 4.74 Å². The monoisotopic (exact) mass is 304 g/mol. The molecule has 0 saturated carbocycles. The van der Waals surface area contributed by atoms with E-state index >= 15 is 0 Å². The first-order chi connectivity index (χ1) is 10.7. The minimum absolute atomic E-state index is 0.0942. The smallest absolute Gasteiger partial charge is 0.260 e. The summed E-state index contributed by atoms with van der Waals surface area (Å²) in [7, 11) is 1.93. The summed E-state index contributed by atoms with van der Waals surface area (Å²) in [6.07, 6.45) is 3.22. The van der Waals surface area contributed by atoms with E-state index in [1.807, 2.05) is 30.1 Å². The molecule has 1 aromatic carbocycles. The summed E-state index contributed by atoms with van der Waals surface area (Å²) in [6, 6.07) is 8.36. The molecule has 1 aliphatic rings. The molecular formula is C18H28N2O2. The van der Waals surface area contributed by atoms with Gasteiger partial charge in [-0.05, 0) is 43.9 Å². The zero-order chi connectivity index (χ0) is 15.9. The van der Waals surface area contributed by atoms with Crippen LogP contribution in [-0.4, -0.2) is 43.6 Å². The molecule has 2 atom stereocenters. The highest BCUT2D eigenvalue weighted by atomic mass is 16.5. The molecule has 0 aliphatic carbocycles. The third-order valence-corrected chi connectivity index (χ3v) is 4.55. The number of nitrogens with one attached hydrogen (secondary N) is 1. The van der Waals surface area contributed by atoms with Crippen LogP contribution in [0.5, 0.6) is 5.75 Å². The van der Waals surface area contributed by atoms with E-state index in [0.717, 1.165) is 38.1 Å². The lowest BCUT2D eigenvalue weighted by Gasteiger charge is -2.25. The van der Waals surface area contributed by atoms with Crippen molar-refractivity contribution in [1.29, 1.82) is 0 Å². The van der Waals surface area contributed by atoms with Crippen LogP contribution < -0.4 is 10.1 Å². The highest BCUT2D eigenvalue weighted by molar-refractivity contribution is 5.78. The fourth-order valence-electron chi connectivity index (χ4n) is 3.07. The molecule has 4 heteroatoms. The second-order valence-electron chi connectivity index (χ2n) is 6.08. The fourth-order valence-corrected chi connectivity index (χ4v) is 3.07. The van der Waals surface area contributed by atoms with E-state index in [9.17, 15) is 4.79 Å². The Hall–Kier alpha value is -1.55. The molecule has 1 fully saturated rings. The Morgan fingerprint density at radius 1 is 1.45 bits per heavy atom. The van der Waals surface area contributed by atoms with Crippen molar-refractivity contribution in [1.82, 2.24) is 10.2 Å². The van der Waals surface area contributed by atoms with Crippen LogP contribution in [0, 0.1) is 0 Å². The summed E-state index contributed by atoms with van der Waals surface area (Å²) in [6.45, 7) is 6.19. The van der Waals surface area contributed by atoms with Crippen LogP contribution in [0.1, 0.15) is 44.6 Å². The number of hydrogen-bond donors (Lipinski definition) is 1. The van der Waals surface area contributed by atoms with Gasteiger partial charge in [-0.25, -0.2) is 0 Å². The fraction of sp³-hybridized carbons (Fsp3) is 0.611. The second kappa shape index (κ2) is 8.18. The van der Waals surface area contributed by atoms with E-state index < -0.39 is 0 Å². The molecule has 122 valence electrons. The van der Waals surface area contributed by atoms with Crippen molar-refractivity contribution in [3.05, 3.63) is 29.8 Å². The lowest BCUT2D eigenvalue weighted by molar-refractivity contribution is -0.134. The molecule has 0 radical (unpaired) electrons. The van der Waals surface area contributed by atoms with Gasteiger partial charge in [0.15, 0.2) is 6.61 Å². The Kier molecular flexibility index (Phi) is 6.25. The zero-order valence-corrected chi connectivity index (χ0v) is 14.0. The van der Waals surface area contributed by atoms with Gasteiger partial charge in [0.05, 0.1) is 0 Å². The van der Waals surface area contributed by atoms with Crippen molar-refractivity contribution < 1.29 is 9.53 Å². The average molecular weight is 304 g/mol. The number of benzene rings is 1. The minimum Gasteiger partial charge on any atom is -0.483 e. The summed E-state index contributed by atoms with van der Waals surface area (Å²) in [5.74, 6) is 1.38. The first kappa shape index (κ1) is 16.8. The zero-order valence-electron chi connectivity index (χ0n) is 14.0. The van der Waals surface area contributed by atoms with Gasteiger partial charge in [0, 0.05) is 19.1 Å². The molecule has 1 aromatic rings. The molecule has 1 aliphatic heterocycles. The van der Waals surface area contributed by atoms with Crippen molar-refractivity contribution in [2.75, 3.05) is 26.7 Å². The van der Waals surface area contributed by atoms with Crippen molar-refractivity contribution in [3.63, 3.8) is 0 Å². The van der Waals surface area contributed by atoms with Gasteiger partial charge in [0.2, 0.25) is 0 Å². The SMILES string of the molecule is CCC(C)c1ccccc1OCC(=O)N1CCCC1CNC. The molecular weight excluding hydrogens is 276 g/mol. The molecule has 1 heterocycles. The predicted octanol–water partition coefficient (Wildman–Crippen LogP) is 2.79. The Morgan fingerprint density at radius 2 is 2.23 bits per heavy atom. The topological polar surface area (TPSA) is 41.6 Å². The molecule has 1 saturated heterocycles. The molecule has 0 aromatic heterocycles. The first-order valence-electron chi connectivity index (χ1n) is 8.33. The molecule has 0 bridgehead atoms. The number of carbonyl (C=O) groups is 1. The Bertz CT molecular complexity index is 490. The van der Waals surface area contributed by atoms with Gasteiger partial charge in [-0.15, -0.1) is 0 Å². The van der Waals surface area contributed by atoms with E-state index in [0.29, 0.717) is 12.0 Å². The van der Waals surface area contributed by atoms with Crippen LogP contribution in [0.4, 0.5) is 0 Å². The van der Waals surface area contributed by atoms with Gasteiger partial charge in [-0.3, -0.25) is 4.79 Å². The number of nitrogens with zero attached hydrogens (tertiary/aromatic N) is 1. The summed E-state index contributed by atoms with van der Waals surface area (Å²) in [5.41, 5.74) is 1.19. The molecule has 0 spiro atoms. The van der Waals surface area contributed by atoms with Gasteiger partial charge in [0.25, 0.3) is 5.91 Å². The molecule has 1 N–H and O–H groups in total. The van der Waals surface area contributed by atoms with Crippen LogP contribution in [-0.2, 0) is 4.79 Å². The van der Waals surface area contributed by atoms with Crippen molar-refractivity contribution >= 4 is 5.91 Å². The summed E-state index contributed by atoms with van der Waals surface area (Å²) < 4.78 is 5.85. The maximum atomic E-state index is 12.4. The number of carbonyl (C=O) groups excluding carboxylic acids is 1. The van der Waals surface area contributed by atoms with Gasteiger partial charge >= 0.3 is 0 Å². The maximum Gasteiger partial charge on any atom is 0.260 e. The van der Waals surface area contributed by atoms with Gasteiger partial charge in [-0.1, -0.05) is 32.0 Å². The standard InChI is InChI=1S/C18H28N2O2/c1-4-14(2)16-9-5-6-10-17(16)22-13-18(21)20-11-7-8-15(20)12-19-3/h5-6,9-10,14-15,19H,4,7-8,11-13H2,1-3H3. The van der Waals surface area contributed by atoms with Gasteiger partial charge in [0.1, 0.15) is 5.75 Å². The van der Waals surface area contributed by atoms with Crippen molar-refractivity contribution in [2.45, 2.75) is 45.1 Å². The van der Waals surface area contributed by atoms with Crippen LogP contribution in [0.3, 0.4) is 0 Å². The van der Waals surface area contributed by atoms with Crippen molar-refractivity contribution in [2.24, 2.45) is 0 Å². The van der Waals surface area contributed by atoms with E-state index in [2.05, 4.69) is 25.2 Å². The van der Waals surface area contributed by atoms with E-state index in [1.54, 1.807) is 0 Å². The predicted molar refractivity (Wildman–Crippen MR) is 89.3 cm³/mol. The highest BCUT2D eigenvalue weighted by Crippen LogP contribution is 2.28. The Balaban J connectivity index is 1.97. The van der Waals surface area contributed by atoms with Gasteiger partial charge in [-0.2, -0.15) is 0 Å². The quantitative estimate of drug-likeness (QED) is 0.842. The second-order valence-corrected chi connectivity index (χ2v) is 6.08. The van der Waals surface area contributed by atoms with Crippen LogP contribution >= 0.6 is 0 Å². The lowest BCUT2D eigenvalue weighted by Crippen LogP contribution is -2.43. The van der Waals surface area contributed by atoms with Crippen LogP contribution in [0.25, 0.3) is 0 Å². The first-order valence-corrected chi connectivity index (χ1v) is 8.33. The van der Waals surface area contributed by atoms with E-state index in [1.165, 1.54) is 5.56 Å². The van der Waals surface area contributed by atoms with E-state index in [-0.39, 0.29) is 12.5 Å². The summed E-state index contributed by atoms with van der Waals surface area (Å²) >= 11 is 0. The number of para-hydroxylation sites is 1. The number of amides is 1. The Morgan fingerprint density at radius 3 is 2.95 bits per heavy atom. The van der Waals surface area contributed by atoms with Crippen LogP contribution in [0.2, 0.25) is 0 Å². The van der Waals surface area contributed by atoms with Crippen LogP contribution in [0.15, 0.2) is 24.3 Å². The maximum absolute atomic E-state index is 12.4. The van der Waals surface area contributed by atoms with Gasteiger partial charge < -0.3 is 15.0 Å². The number of hydrogen-bond acceptors (Lipinski definition) is 3. The number of likely N-dealkylation sites (tertiary alicyclic amines) is 1. The average Bonchev–Trinajstić information content (AvgIpc) is 3.01. The third kappa shape index (κ3) is 4.01. The number of likely N-dealkylation sites (N-methyl/N-ethyl adjacent to an activating group) is 1. The largest absolute Gasteiger partial charge is 0.483 e. The molecule has 22 heavy (non-hydrogen) atoms. The lowest BCUT2D eigenvalue weighted by atomic mass is 9.98. The Labute approximate surface area is 133 Å². The molecule has 2 unspecified atom stereocenters. The summed E-state index contributed by atoms with van der Waals surface area (Å²) in [5, 5.41) is 3.17. The summed E-state index contributed by atoms with van der Waals surface area (Å²) in [4.78, 5) is 14.4. The normalized spacial score (nSPS) is 19.2. The highest BCUT2D eigenvalue weighted by Gasteiger charge is 2.28.